The van der Waals surface area contributed by atoms with E-state index in [4.69, 9.17) is 27.9 Å². The van der Waals surface area contributed by atoms with Gasteiger partial charge < -0.3 is 4.74 Å². The lowest BCUT2D eigenvalue weighted by Crippen LogP contribution is -2.28. The van der Waals surface area contributed by atoms with Crippen molar-refractivity contribution in [2.45, 2.75) is 69.0 Å². The molecule has 0 saturated heterocycles. The minimum atomic E-state index is -1.37. The third-order valence-electron chi connectivity index (χ3n) is 2.95. The quantitative estimate of drug-likeness (QED) is 0.251. The molecule has 114 valence electrons. The predicted octanol–water partition coefficient (Wildman–Crippen LogP) is 5.63. The van der Waals surface area contributed by atoms with E-state index in [1.807, 2.05) is 0 Å². The minimum absolute atomic E-state index is 0.314. The van der Waals surface area contributed by atoms with Crippen LogP contribution in [-0.2, 0) is 9.53 Å². The number of hydrogen-bond donors (Lipinski definition) is 0. The molecule has 0 radical (unpaired) electrons. The van der Waals surface area contributed by atoms with E-state index < -0.39 is 10.3 Å². The Morgan fingerprint density at radius 3 is 1.95 bits per heavy atom. The van der Waals surface area contributed by atoms with Crippen LogP contribution in [0.1, 0.15) is 64.7 Å². The number of alkyl halides is 3. The standard InChI is InChI=1S/C14H25BrCl2O2/c1-2-19-13(18)14(16,17)11-9-7-5-3-4-6-8-10-12-15/h2-12H2,1H3. The van der Waals surface area contributed by atoms with Crippen molar-refractivity contribution >= 4 is 45.1 Å². The molecule has 0 fully saturated rings. The third-order valence-corrected chi connectivity index (χ3v) is 4.20. The molecule has 0 saturated carbocycles. The van der Waals surface area contributed by atoms with Crippen LogP contribution in [0.5, 0.6) is 0 Å². The summed E-state index contributed by atoms with van der Waals surface area (Å²) in [5.41, 5.74) is 0. The van der Waals surface area contributed by atoms with E-state index in [9.17, 15) is 4.79 Å². The number of halogens is 3. The van der Waals surface area contributed by atoms with Crippen molar-refractivity contribution in [3.63, 3.8) is 0 Å². The summed E-state index contributed by atoms with van der Waals surface area (Å²) in [5.74, 6) is -0.520. The first-order valence-corrected chi connectivity index (χ1v) is 9.03. The summed E-state index contributed by atoms with van der Waals surface area (Å²) >= 11 is 15.3. The van der Waals surface area contributed by atoms with Crippen LogP contribution >= 0.6 is 39.1 Å². The van der Waals surface area contributed by atoms with Crippen molar-refractivity contribution in [3.05, 3.63) is 0 Å². The summed E-state index contributed by atoms with van der Waals surface area (Å²) in [6.07, 6.45) is 10.0. The Bertz CT molecular complexity index is 235. The zero-order valence-corrected chi connectivity index (χ0v) is 14.8. The summed E-state index contributed by atoms with van der Waals surface area (Å²) in [6, 6.07) is 0. The van der Waals surface area contributed by atoms with E-state index in [-0.39, 0.29) is 0 Å². The molecule has 0 aliphatic carbocycles. The summed E-state index contributed by atoms with van der Waals surface area (Å²) in [7, 11) is 0. The smallest absolute Gasteiger partial charge is 0.342 e. The van der Waals surface area contributed by atoms with E-state index in [0.717, 1.165) is 18.2 Å². The zero-order valence-electron chi connectivity index (χ0n) is 11.7. The second-order valence-corrected chi connectivity index (χ2v) is 6.97. The number of carbonyl (C=O) groups excluding carboxylic acids is 1. The Hall–Kier alpha value is 0.530. The van der Waals surface area contributed by atoms with Crippen LogP contribution in [0.4, 0.5) is 0 Å². The molecule has 2 nitrogen and oxygen atoms in total. The molecular weight excluding hydrogens is 351 g/mol. The zero-order chi connectivity index (χ0) is 14.6. The molecule has 0 aromatic rings. The molecule has 0 atom stereocenters. The highest BCUT2D eigenvalue weighted by molar-refractivity contribution is 9.09. The number of rotatable bonds is 12. The van der Waals surface area contributed by atoms with Gasteiger partial charge in [0.2, 0.25) is 4.33 Å². The molecule has 0 aromatic heterocycles. The fourth-order valence-corrected chi connectivity index (χ4v) is 2.61. The van der Waals surface area contributed by atoms with Gasteiger partial charge in [-0.05, 0) is 26.2 Å². The lowest BCUT2D eigenvalue weighted by Gasteiger charge is -2.17. The first kappa shape index (κ1) is 19.5. The van der Waals surface area contributed by atoms with Gasteiger partial charge >= 0.3 is 5.97 Å². The molecule has 0 aliphatic heterocycles. The number of unbranched alkanes of at least 4 members (excludes halogenated alkanes) is 7. The molecule has 0 heterocycles. The molecule has 0 N–H and O–H groups in total. The first-order valence-electron chi connectivity index (χ1n) is 7.15. The molecule has 0 bridgehead atoms. The summed E-state index contributed by atoms with van der Waals surface area (Å²) < 4.78 is 3.46. The predicted molar refractivity (Wildman–Crippen MR) is 86.4 cm³/mol. The van der Waals surface area contributed by atoms with Gasteiger partial charge in [0.15, 0.2) is 0 Å². The maximum atomic E-state index is 11.4. The van der Waals surface area contributed by atoms with Crippen LogP contribution < -0.4 is 0 Å². The summed E-state index contributed by atoms with van der Waals surface area (Å²) in [5, 5.41) is 1.11. The fourth-order valence-electron chi connectivity index (χ4n) is 1.84. The van der Waals surface area contributed by atoms with Crippen molar-refractivity contribution in [1.82, 2.24) is 0 Å². The Labute approximate surface area is 135 Å². The maximum Gasteiger partial charge on any atom is 0.342 e. The van der Waals surface area contributed by atoms with Gasteiger partial charge in [0.1, 0.15) is 0 Å². The van der Waals surface area contributed by atoms with Crippen LogP contribution in [0, 0.1) is 0 Å². The van der Waals surface area contributed by atoms with Crippen LogP contribution in [-0.4, -0.2) is 22.2 Å². The monoisotopic (exact) mass is 374 g/mol. The molecular formula is C14H25BrCl2O2. The second kappa shape index (κ2) is 12.3. The van der Waals surface area contributed by atoms with Crippen LogP contribution in [0.15, 0.2) is 0 Å². The molecule has 0 aromatic carbocycles. The average Bonchev–Trinajstić information content (AvgIpc) is 2.37. The molecule has 19 heavy (non-hydrogen) atoms. The van der Waals surface area contributed by atoms with Crippen LogP contribution in [0.3, 0.4) is 0 Å². The second-order valence-electron chi connectivity index (χ2n) is 4.69. The molecule has 0 aliphatic rings. The fraction of sp³-hybridized carbons (Fsp3) is 0.929. The van der Waals surface area contributed by atoms with E-state index in [2.05, 4.69) is 15.9 Å². The molecule has 5 heteroatoms. The highest BCUT2D eigenvalue weighted by Crippen LogP contribution is 2.29. The summed E-state index contributed by atoms with van der Waals surface area (Å²) in [4.78, 5) is 11.4. The highest BCUT2D eigenvalue weighted by Gasteiger charge is 2.34. The van der Waals surface area contributed by atoms with Crippen molar-refractivity contribution < 1.29 is 9.53 Å². The third kappa shape index (κ3) is 10.9. The van der Waals surface area contributed by atoms with Gasteiger partial charge in [0, 0.05) is 5.33 Å². The van der Waals surface area contributed by atoms with Gasteiger partial charge in [-0.25, -0.2) is 4.79 Å². The first-order chi connectivity index (χ1) is 9.04. The number of carbonyl (C=O) groups is 1. The molecule has 0 spiro atoms. The van der Waals surface area contributed by atoms with Gasteiger partial charge in [-0.1, -0.05) is 77.7 Å². The van der Waals surface area contributed by atoms with Crippen molar-refractivity contribution in [2.24, 2.45) is 0 Å². The van der Waals surface area contributed by atoms with Gasteiger partial charge in [0.25, 0.3) is 0 Å². The lowest BCUT2D eigenvalue weighted by atomic mass is 10.1. The largest absolute Gasteiger partial charge is 0.464 e. The van der Waals surface area contributed by atoms with Crippen molar-refractivity contribution in [1.29, 1.82) is 0 Å². The lowest BCUT2D eigenvalue weighted by molar-refractivity contribution is -0.144. The maximum absolute atomic E-state index is 11.4. The Morgan fingerprint density at radius 1 is 1.00 bits per heavy atom. The average molecular weight is 376 g/mol. The van der Waals surface area contributed by atoms with Gasteiger partial charge in [-0.2, -0.15) is 0 Å². The number of ether oxygens (including phenoxy) is 1. The summed E-state index contributed by atoms with van der Waals surface area (Å²) in [6.45, 7) is 2.06. The number of hydrogen-bond acceptors (Lipinski definition) is 2. The SMILES string of the molecule is CCOC(=O)C(Cl)(Cl)CCCCCCCCCCBr. The normalized spacial score (nSPS) is 11.6. The Morgan fingerprint density at radius 2 is 1.47 bits per heavy atom. The van der Waals surface area contributed by atoms with Gasteiger partial charge in [-0.3, -0.25) is 0 Å². The number of esters is 1. The topological polar surface area (TPSA) is 26.3 Å². The van der Waals surface area contributed by atoms with Crippen molar-refractivity contribution in [3.8, 4) is 0 Å². The van der Waals surface area contributed by atoms with E-state index in [0.29, 0.717) is 13.0 Å². The van der Waals surface area contributed by atoms with E-state index >= 15 is 0 Å². The molecule has 0 rings (SSSR count). The minimum Gasteiger partial charge on any atom is -0.464 e. The van der Waals surface area contributed by atoms with Gasteiger partial charge in [0.05, 0.1) is 6.61 Å². The highest BCUT2D eigenvalue weighted by atomic mass is 79.9. The Kier molecular flexibility index (Phi) is 12.6. The Balaban J connectivity index is 3.45. The van der Waals surface area contributed by atoms with Crippen LogP contribution in [0.25, 0.3) is 0 Å². The molecule has 0 unspecified atom stereocenters. The van der Waals surface area contributed by atoms with Gasteiger partial charge in [-0.15, -0.1) is 0 Å². The van der Waals surface area contributed by atoms with Crippen molar-refractivity contribution in [2.75, 3.05) is 11.9 Å². The molecule has 0 amide bonds. The van der Waals surface area contributed by atoms with E-state index in [1.165, 1.54) is 38.5 Å². The van der Waals surface area contributed by atoms with Crippen LogP contribution in [0.2, 0.25) is 0 Å². The van der Waals surface area contributed by atoms with E-state index in [1.54, 1.807) is 6.92 Å².